The maximum absolute atomic E-state index is 11.7. The van der Waals surface area contributed by atoms with Crippen LogP contribution in [-0.4, -0.2) is 19.1 Å². The first-order valence-electron chi connectivity index (χ1n) is 5.39. The number of amides is 1. The molecule has 1 amide bonds. The van der Waals surface area contributed by atoms with Crippen molar-refractivity contribution < 1.29 is 9.53 Å². The van der Waals surface area contributed by atoms with Crippen molar-refractivity contribution in [2.24, 2.45) is 0 Å². The highest BCUT2D eigenvalue weighted by Crippen LogP contribution is 2.22. The van der Waals surface area contributed by atoms with Gasteiger partial charge in [-0.05, 0) is 32.0 Å². The normalized spacial score (nSPS) is 9.06. The molecule has 1 rings (SSSR count). The standard InChI is InChI=1S/C13H16N2O2/c1-3-5-8-15-13(16)10-6-7-12(17-4-2)11(14)9-10/h6-7,9H,4,8,14H2,1-2H3,(H,15,16). The summed E-state index contributed by atoms with van der Waals surface area (Å²) >= 11 is 0. The fourth-order valence-corrected chi connectivity index (χ4v) is 1.29. The minimum absolute atomic E-state index is 0.192. The summed E-state index contributed by atoms with van der Waals surface area (Å²) < 4.78 is 5.29. The number of nitrogen functional groups attached to an aromatic ring is 1. The summed E-state index contributed by atoms with van der Waals surface area (Å²) in [5, 5.41) is 2.67. The van der Waals surface area contributed by atoms with E-state index in [9.17, 15) is 4.79 Å². The van der Waals surface area contributed by atoms with Gasteiger partial charge in [-0.15, -0.1) is 5.92 Å². The highest BCUT2D eigenvalue weighted by Gasteiger charge is 2.07. The molecule has 0 saturated heterocycles. The summed E-state index contributed by atoms with van der Waals surface area (Å²) in [7, 11) is 0. The monoisotopic (exact) mass is 232 g/mol. The zero-order valence-electron chi connectivity index (χ0n) is 10.0. The van der Waals surface area contributed by atoms with Crippen molar-refractivity contribution in [1.82, 2.24) is 5.32 Å². The van der Waals surface area contributed by atoms with Gasteiger partial charge in [-0.2, -0.15) is 0 Å². The number of carbonyl (C=O) groups is 1. The van der Waals surface area contributed by atoms with Crippen LogP contribution < -0.4 is 15.8 Å². The minimum Gasteiger partial charge on any atom is -0.492 e. The number of hydrogen-bond donors (Lipinski definition) is 2. The van der Waals surface area contributed by atoms with Gasteiger partial charge in [0.2, 0.25) is 0 Å². The first-order valence-corrected chi connectivity index (χ1v) is 5.39. The van der Waals surface area contributed by atoms with E-state index in [1.807, 2.05) is 6.92 Å². The molecule has 0 saturated carbocycles. The zero-order valence-corrected chi connectivity index (χ0v) is 10.0. The summed E-state index contributed by atoms with van der Waals surface area (Å²) in [6.07, 6.45) is 0. The van der Waals surface area contributed by atoms with Crippen LogP contribution in [0.5, 0.6) is 5.75 Å². The second-order valence-electron chi connectivity index (χ2n) is 3.30. The van der Waals surface area contributed by atoms with Gasteiger partial charge in [0, 0.05) is 5.56 Å². The maximum atomic E-state index is 11.7. The largest absolute Gasteiger partial charge is 0.492 e. The molecular formula is C13H16N2O2. The van der Waals surface area contributed by atoms with E-state index in [0.29, 0.717) is 30.2 Å². The lowest BCUT2D eigenvalue weighted by Crippen LogP contribution is -2.23. The van der Waals surface area contributed by atoms with E-state index in [0.717, 1.165) is 0 Å². The first kappa shape index (κ1) is 12.9. The Morgan fingerprint density at radius 2 is 2.29 bits per heavy atom. The molecule has 0 aliphatic rings. The van der Waals surface area contributed by atoms with Crippen molar-refractivity contribution in [1.29, 1.82) is 0 Å². The molecule has 0 bridgehead atoms. The van der Waals surface area contributed by atoms with Gasteiger partial charge in [-0.1, -0.05) is 5.92 Å². The quantitative estimate of drug-likeness (QED) is 0.609. The van der Waals surface area contributed by atoms with Crippen molar-refractivity contribution in [2.75, 3.05) is 18.9 Å². The lowest BCUT2D eigenvalue weighted by atomic mass is 10.2. The fourth-order valence-electron chi connectivity index (χ4n) is 1.29. The smallest absolute Gasteiger partial charge is 0.252 e. The van der Waals surface area contributed by atoms with Gasteiger partial charge in [0.05, 0.1) is 18.8 Å². The van der Waals surface area contributed by atoms with Crippen LogP contribution in [-0.2, 0) is 0 Å². The van der Waals surface area contributed by atoms with E-state index >= 15 is 0 Å². The highest BCUT2D eigenvalue weighted by molar-refractivity contribution is 5.95. The summed E-state index contributed by atoms with van der Waals surface area (Å²) in [6.45, 7) is 4.48. The van der Waals surface area contributed by atoms with Crippen molar-refractivity contribution in [3.05, 3.63) is 23.8 Å². The zero-order chi connectivity index (χ0) is 12.7. The molecule has 0 unspecified atom stereocenters. The van der Waals surface area contributed by atoms with E-state index in [1.54, 1.807) is 25.1 Å². The Bertz CT molecular complexity index is 458. The molecule has 4 heteroatoms. The molecule has 1 aromatic rings. The van der Waals surface area contributed by atoms with Crippen LogP contribution in [0.2, 0.25) is 0 Å². The summed E-state index contributed by atoms with van der Waals surface area (Å²) in [6, 6.07) is 4.97. The molecule has 0 atom stereocenters. The predicted octanol–water partition coefficient (Wildman–Crippen LogP) is 1.42. The average molecular weight is 232 g/mol. The Balaban J connectivity index is 2.74. The Morgan fingerprint density at radius 3 is 2.88 bits per heavy atom. The Kier molecular flexibility index (Phi) is 4.89. The number of anilines is 1. The Morgan fingerprint density at radius 1 is 1.53 bits per heavy atom. The molecule has 0 aliphatic heterocycles. The van der Waals surface area contributed by atoms with Crippen LogP contribution in [0.25, 0.3) is 0 Å². The molecule has 17 heavy (non-hydrogen) atoms. The third kappa shape index (κ3) is 3.72. The molecule has 3 N–H and O–H groups in total. The highest BCUT2D eigenvalue weighted by atomic mass is 16.5. The second kappa shape index (κ2) is 6.44. The summed E-state index contributed by atoms with van der Waals surface area (Å²) in [4.78, 5) is 11.7. The second-order valence-corrected chi connectivity index (χ2v) is 3.30. The van der Waals surface area contributed by atoms with Gasteiger partial charge >= 0.3 is 0 Å². The predicted molar refractivity (Wildman–Crippen MR) is 67.8 cm³/mol. The third-order valence-corrected chi connectivity index (χ3v) is 2.09. The van der Waals surface area contributed by atoms with Crippen molar-refractivity contribution in [3.8, 4) is 17.6 Å². The molecule has 0 heterocycles. The number of benzene rings is 1. The molecule has 1 aromatic carbocycles. The maximum Gasteiger partial charge on any atom is 0.252 e. The van der Waals surface area contributed by atoms with Gasteiger partial charge in [0.25, 0.3) is 5.91 Å². The molecule has 0 aliphatic carbocycles. The molecule has 0 aromatic heterocycles. The van der Waals surface area contributed by atoms with Crippen LogP contribution in [0.15, 0.2) is 18.2 Å². The van der Waals surface area contributed by atoms with Gasteiger partial charge in [-0.25, -0.2) is 0 Å². The van der Waals surface area contributed by atoms with Crippen LogP contribution in [0.1, 0.15) is 24.2 Å². The molecule has 4 nitrogen and oxygen atoms in total. The van der Waals surface area contributed by atoms with E-state index in [1.165, 1.54) is 0 Å². The number of carbonyl (C=O) groups excluding carboxylic acids is 1. The van der Waals surface area contributed by atoms with E-state index in [-0.39, 0.29) is 5.91 Å². The van der Waals surface area contributed by atoms with E-state index < -0.39 is 0 Å². The Labute approximate surface area is 101 Å². The van der Waals surface area contributed by atoms with Gasteiger partial charge in [0.15, 0.2) is 0 Å². The number of nitrogens with two attached hydrogens (primary N) is 1. The van der Waals surface area contributed by atoms with Crippen LogP contribution >= 0.6 is 0 Å². The average Bonchev–Trinajstić information content (AvgIpc) is 2.32. The molecule has 90 valence electrons. The SMILES string of the molecule is CC#CCNC(=O)c1ccc(OCC)c(N)c1. The lowest BCUT2D eigenvalue weighted by Gasteiger charge is -2.08. The number of nitrogens with one attached hydrogen (secondary N) is 1. The summed E-state index contributed by atoms with van der Waals surface area (Å²) in [5.74, 6) is 5.86. The van der Waals surface area contributed by atoms with Crippen molar-refractivity contribution in [2.45, 2.75) is 13.8 Å². The molecule has 0 radical (unpaired) electrons. The number of rotatable bonds is 4. The first-order chi connectivity index (χ1) is 8.19. The summed E-state index contributed by atoms with van der Waals surface area (Å²) in [5.41, 5.74) is 6.73. The van der Waals surface area contributed by atoms with Crippen molar-refractivity contribution in [3.63, 3.8) is 0 Å². The van der Waals surface area contributed by atoms with Crippen molar-refractivity contribution >= 4 is 11.6 Å². The minimum atomic E-state index is -0.192. The van der Waals surface area contributed by atoms with Gasteiger partial charge in [-0.3, -0.25) is 4.79 Å². The fraction of sp³-hybridized carbons (Fsp3) is 0.308. The van der Waals surface area contributed by atoms with Gasteiger partial charge < -0.3 is 15.8 Å². The van der Waals surface area contributed by atoms with E-state index in [2.05, 4.69) is 17.2 Å². The van der Waals surface area contributed by atoms with E-state index in [4.69, 9.17) is 10.5 Å². The lowest BCUT2D eigenvalue weighted by molar-refractivity contribution is 0.0958. The Hall–Kier alpha value is -2.15. The molecule has 0 spiro atoms. The molecule has 0 fully saturated rings. The number of hydrogen-bond acceptors (Lipinski definition) is 3. The topological polar surface area (TPSA) is 64.3 Å². The van der Waals surface area contributed by atoms with Crippen LogP contribution in [0.4, 0.5) is 5.69 Å². The van der Waals surface area contributed by atoms with Gasteiger partial charge in [0.1, 0.15) is 5.75 Å². The van der Waals surface area contributed by atoms with Crippen LogP contribution in [0.3, 0.4) is 0 Å². The molecular weight excluding hydrogens is 216 g/mol. The van der Waals surface area contributed by atoms with Crippen LogP contribution in [0, 0.1) is 11.8 Å². The third-order valence-electron chi connectivity index (χ3n) is 2.09. The number of ether oxygens (including phenoxy) is 1.